The number of carbonyl (C=O) groups is 1. The van der Waals surface area contributed by atoms with Gasteiger partial charge in [0, 0.05) is 16.4 Å². The fourth-order valence-corrected chi connectivity index (χ4v) is 3.43. The van der Waals surface area contributed by atoms with Gasteiger partial charge < -0.3 is 5.11 Å². The fraction of sp³-hybridized carbons (Fsp3) is 0.357. The van der Waals surface area contributed by atoms with E-state index < -0.39 is 5.97 Å². The Labute approximate surface area is 105 Å². The van der Waals surface area contributed by atoms with Crippen LogP contribution in [0.15, 0.2) is 23.1 Å². The zero-order valence-electron chi connectivity index (χ0n) is 9.91. The standard InChI is InChI=1S/C14H14O2S/c1-14(2)7-8-17-12-5-3-10(9-11(12)14)4-6-13(15)16/h3,5,9H,7-8H2,1-2H3,(H,15,16). The van der Waals surface area contributed by atoms with E-state index in [4.69, 9.17) is 5.11 Å². The molecule has 0 fully saturated rings. The molecule has 17 heavy (non-hydrogen) atoms. The van der Waals surface area contributed by atoms with E-state index >= 15 is 0 Å². The maximum atomic E-state index is 10.4. The summed E-state index contributed by atoms with van der Waals surface area (Å²) >= 11 is 1.86. The SMILES string of the molecule is CC1(C)CCSc2ccc(C#CC(=O)O)cc21. The normalized spacial score (nSPS) is 16.6. The van der Waals surface area contributed by atoms with Gasteiger partial charge in [-0.3, -0.25) is 0 Å². The van der Waals surface area contributed by atoms with Crippen LogP contribution in [0, 0.1) is 11.8 Å². The Morgan fingerprint density at radius 1 is 1.47 bits per heavy atom. The van der Waals surface area contributed by atoms with E-state index in [1.165, 1.54) is 10.5 Å². The zero-order valence-corrected chi connectivity index (χ0v) is 10.7. The molecule has 1 aliphatic heterocycles. The third-order valence-electron chi connectivity index (χ3n) is 3.01. The van der Waals surface area contributed by atoms with Crippen LogP contribution in [0.1, 0.15) is 31.4 Å². The molecule has 0 aliphatic carbocycles. The summed E-state index contributed by atoms with van der Waals surface area (Å²) in [7, 11) is 0. The average Bonchev–Trinajstić information content (AvgIpc) is 2.26. The lowest BCUT2D eigenvalue weighted by Crippen LogP contribution is -2.22. The van der Waals surface area contributed by atoms with E-state index in [0.29, 0.717) is 0 Å². The summed E-state index contributed by atoms with van der Waals surface area (Å²) in [5.74, 6) is 4.88. The van der Waals surface area contributed by atoms with Gasteiger partial charge in [-0.25, -0.2) is 4.79 Å². The van der Waals surface area contributed by atoms with Gasteiger partial charge in [0.2, 0.25) is 0 Å². The summed E-state index contributed by atoms with van der Waals surface area (Å²) < 4.78 is 0. The molecule has 1 N–H and O–H groups in total. The van der Waals surface area contributed by atoms with Crippen LogP contribution in [-0.2, 0) is 10.2 Å². The van der Waals surface area contributed by atoms with E-state index in [1.54, 1.807) is 0 Å². The Morgan fingerprint density at radius 3 is 2.94 bits per heavy atom. The molecule has 1 heterocycles. The molecular weight excluding hydrogens is 232 g/mol. The molecule has 0 spiro atoms. The molecule has 3 heteroatoms. The van der Waals surface area contributed by atoms with Crippen LogP contribution in [0.2, 0.25) is 0 Å². The number of carboxylic acid groups (broad SMARTS) is 1. The number of hydrogen-bond donors (Lipinski definition) is 1. The van der Waals surface area contributed by atoms with Crippen LogP contribution < -0.4 is 0 Å². The Morgan fingerprint density at radius 2 is 2.24 bits per heavy atom. The van der Waals surface area contributed by atoms with E-state index in [2.05, 4.69) is 25.7 Å². The molecule has 0 amide bonds. The van der Waals surface area contributed by atoms with E-state index in [-0.39, 0.29) is 5.41 Å². The molecule has 1 aromatic carbocycles. The van der Waals surface area contributed by atoms with Crippen molar-refractivity contribution < 1.29 is 9.90 Å². The van der Waals surface area contributed by atoms with Gasteiger partial charge >= 0.3 is 5.97 Å². The summed E-state index contributed by atoms with van der Waals surface area (Å²) in [6.07, 6.45) is 1.14. The Bertz CT molecular complexity index is 521. The monoisotopic (exact) mass is 246 g/mol. The molecule has 1 aliphatic rings. The molecule has 0 bridgehead atoms. The van der Waals surface area contributed by atoms with Crippen LogP contribution in [0.25, 0.3) is 0 Å². The topological polar surface area (TPSA) is 37.3 Å². The quantitative estimate of drug-likeness (QED) is 0.715. The van der Waals surface area contributed by atoms with Crippen molar-refractivity contribution in [3.05, 3.63) is 29.3 Å². The summed E-state index contributed by atoms with van der Waals surface area (Å²) in [6, 6.07) is 5.97. The van der Waals surface area contributed by atoms with Crippen LogP contribution >= 0.6 is 11.8 Å². The van der Waals surface area contributed by atoms with Crippen molar-refractivity contribution in [1.29, 1.82) is 0 Å². The highest BCUT2D eigenvalue weighted by Gasteiger charge is 2.27. The van der Waals surface area contributed by atoms with Crippen LogP contribution in [0.5, 0.6) is 0 Å². The van der Waals surface area contributed by atoms with Gasteiger partial charge in [-0.1, -0.05) is 19.8 Å². The maximum absolute atomic E-state index is 10.4. The number of benzene rings is 1. The minimum Gasteiger partial charge on any atom is -0.472 e. The highest BCUT2D eigenvalue weighted by atomic mass is 32.2. The minimum atomic E-state index is -1.09. The predicted octanol–water partition coefficient (Wildman–Crippen LogP) is 2.90. The van der Waals surface area contributed by atoms with Gasteiger partial charge in [-0.2, -0.15) is 0 Å². The second-order valence-electron chi connectivity index (χ2n) is 4.75. The third kappa shape index (κ3) is 2.65. The third-order valence-corrected chi connectivity index (χ3v) is 4.08. The molecule has 0 radical (unpaired) electrons. The summed E-state index contributed by atoms with van der Waals surface area (Å²) in [5.41, 5.74) is 2.22. The first-order valence-electron chi connectivity index (χ1n) is 5.51. The van der Waals surface area contributed by atoms with Crippen molar-refractivity contribution in [3.63, 3.8) is 0 Å². The second kappa shape index (κ2) is 4.46. The predicted molar refractivity (Wildman–Crippen MR) is 69.3 cm³/mol. The zero-order chi connectivity index (χ0) is 12.5. The van der Waals surface area contributed by atoms with Crippen LogP contribution in [0.3, 0.4) is 0 Å². The molecule has 0 saturated carbocycles. The maximum Gasteiger partial charge on any atom is 0.382 e. The molecule has 2 rings (SSSR count). The lowest BCUT2D eigenvalue weighted by Gasteiger charge is -2.32. The van der Waals surface area contributed by atoms with Gasteiger partial charge in [-0.05, 0) is 41.4 Å². The number of hydrogen-bond acceptors (Lipinski definition) is 2. The highest BCUT2D eigenvalue weighted by molar-refractivity contribution is 7.99. The lowest BCUT2D eigenvalue weighted by atomic mass is 9.81. The largest absolute Gasteiger partial charge is 0.472 e. The second-order valence-corrected chi connectivity index (χ2v) is 5.89. The van der Waals surface area contributed by atoms with Crippen molar-refractivity contribution in [2.45, 2.75) is 30.6 Å². The summed E-state index contributed by atoms with van der Waals surface area (Å²) in [5, 5.41) is 8.54. The van der Waals surface area contributed by atoms with E-state index in [0.717, 1.165) is 17.7 Å². The van der Waals surface area contributed by atoms with E-state index in [1.807, 2.05) is 30.0 Å². The van der Waals surface area contributed by atoms with Crippen molar-refractivity contribution in [1.82, 2.24) is 0 Å². The Kier molecular flexibility index (Phi) is 3.17. The highest BCUT2D eigenvalue weighted by Crippen LogP contribution is 2.41. The molecule has 0 atom stereocenters. The molecule has 0 aromatic heterocycles. The summed E-state index contributed by atoms with van der Waals surface area (Å²) in [6.45, 7) is 4.44. The van der Waals surface area contributed by atoms with Crippen LogP contribution in [-0.4, -0.2) is 16.8 Å². The van der Waals surface area contributed by atoms with E-state index in [9.17, 15) is 4.79 Å². The first kappa shape index (κ1) is 12.1. The minimum absolute atomic E-state index is 0.154. The van der Waals surface area contributed by atoms with Crippen molar-refractivity contribution >= 4 is 17.7 Å². The van der Waals surface area contributed by atoms with Crippen molar-refractivity contribution in [2.75, 3.05) is 5.75 Å². The number of thioether (sulfide) groups is 1. The van der Waals surface area contributed by atoms with Gasteiger partial charge in [0.15, 0.2) is 0 Å². The number of fused-ring (bicyclic) bond motifs is 1. The smallest absolute Gasteiger partial charge is 0.382 e. The Balaban J connectivity index is 2.43. The van der Waals surface area contributed by atoms with Gasteiger partial charge in [-0.15, -0.1) is 11.8 Å². The average molecular weight is 246 g/mol. The van der Waals surface area contributed by atoms with Crippen molar-refractivity contribution in [3.8, 4) is 11.8 Å². The van der Waals surface area contributed by atoms with Gasteiger partial charge in [0.25, 0.3) is 0 Å². The number of aliphatic carboxylic acids is 1. The number of carboxylic acids is 1. The van der Waals surface area contributed by atoms with Crippen LogP contribution in [0.4, 0.5) is 0 Å². The number of rotatable bonds is 0. The Hall–Kier alpha value is -1.40. The first-order chi connectivity index (χ1) is 7.99. The molecule has 88 valence electrons. The lowest BCUT2D eigenvalue weighted by molar-refractivity contribution is -0.130. The van der Waals surface area contributed by atoms with Crippen molar-refractivity contribution in [2.24, 2.45) is 0 Å². The van der Waals surface area contributed by atoms with Gasteiger partial charge in [0.05, 0.1) is 0 Å². The summed E-state index contributed by atoms with van der Waals surface area (Å²) in [4.78, 5) is 11.7. The molecular formula is C14H14O2S. The molecule has 0 unspecified atom stereocenters. The molecule has 1 aromatic rings. The van der Waals surface area contributed by atoms with Gasteiger partial charge in [0.1, 0.15) is 0 Å². The fourth-order valence-electron chi connectivity index (χ4n) is 1.94. The first-order valence-corrected chi connectivity index (χ1v) is 6.50. The molecule has 0 saturated heterocycles. The molecule has 2 nitrogen and oxygen atoms in total.